The van der Waals surface area contributed by atoms with Gasteiger partial charge in [0.2, 0.25) is 6.29 Å². The maximum Gasteiger partial charge on any atom is 0.229 e. The van der Waals surface area contributed by atoms with Gasteiger partial charge < -0.3 is 39.7 Å². The predicted octanol–water partition coefficient (Wildman–Crippen LogP) is 0.277. The van der Waals surface area contributed by atoms with Crippen LogP contribution in [-0.4, -0.2) is 68.6 Å². The predicted molar refractivity (Wildman–Crippen MR) is 101 cm³/mol. The van der Waals surface area contributed by atoms with Gasteiger partial charge >= 0.3 is 0 Å². The first-order valence-electron chi connectivity index (χ1n) is 9.47. The van der Waals surface area contributed by atoms with Crippen molar-refractivity contribution in [2.75, 3.05) is 6.61 Å². The summed E-state index contributed by atoms with van der Waals surface area (Å²) in [5.41, 5.74) is 1.11. The molecule has 0 bridgehead atoms. The molecule has 0 aliphatic carbocycles. The van der Waals surface area contributed by atoms with Gasteiger partial charge in [0.25, 0.3) is 0 Å². The van der Waals surface area contributed by atoms with Crippen molar-refractivity contribution < 1.29 is 44.5 Å². The molecule has 1 saturated heterocycles. The Balaban J connectivity index is 1.54. The van der Waals surface area contributed by atoms with Crippen molar-refractivity contribution in [3.63, 3.8) is 0 Å². The van der Waals surface area contributed by atoms with Gasteiger partial charge in [0.05, 0.1) is 18.6 Å². The number of phenols is 1. The molecule has 6 atom stereocenters. The molecule has 0 aromatic heterocycles. The van der Waals surface area contributed by atoms with E-state index in [-0.39, 0.29) is 29.5 Å². The average Bonchev–Trinajstić information content (AvgIpc) is 2.74. The lowest BCUT2D eigenvalue weighted by molar-refractivity contribution is -0.277. The van der Waals surface area contributed by atoms with Crippen LogP contribution in [0.2, 0.25) is 0 Å². The quantitative estimate of drug-likeness (QED) is 0.472. The highest BCUT2D eigenvalue weighted by Gasteiger charge is 2.44. The molecule has 0 spiro atoms. The number of ether oxygens (including phenoxy) is 3. The van der Waals surface area contributed by atoms with E-state index in [2.05, 4.69) is 0 Å². The van der Waals surface area contributed by atoms with E-state index in [1.165, 1.54) is 30.3 Å². The zero-order valence-electron chi connectivity index (χ0n) is 15.8. The molecule has 9 nitrogen and oxygen atoms in total. The Hall–Kier alpha value is -2.69. The molecule has 30 heavy (non-hydrogen) atoms. The summed E-state index contributed by atoms with van der Waals surface area (Å²) in [6, 6.07) is 10.9. The van der Waals surface area contributed by atoms with Crippen molar-refractivity contribution in [2.45, 2.75) is 43.2 Å². The second-order valence-electron chi connectivity index (χ2n) is 7.30. The van der Waals surface area contributed by atoms with E-state index in [0.29, 0.717) is 5.56 Å². The number of aliphatic hydroxyl groups excluding tert-OH is 4. The number of benzene rings is 2. The van der Waals surface area contributed by atoms with Crippen molar-refractivity contribution in [3.05, 3.63) is 53.6 Å². The number of hydrogen-bond donors (Lipinski definition) is 5. The van der Waals surface area contributed by atoms with Crippen molar-refractivity contribution in [1.82, 2.24) is 0 Å². The van der Waals surface area contributed by atoms with Crippen LogP contribution in [0.15, 0.2) is 42.5 Å². The maximum atomic E-state index is 12.5. The molecular formula is C21H22O9. The van der Waals surface area contributed by atoms with E-state index >= 15 is 0 Å². The largest absolute Gasteiger partial charge is 0.508 e. The van der Waals surface area contributed by atoms with E-state index in [4.69, 9.17) is 14.2 Å². The fourth-order valence-corrected chi connectivity index (χ4v) is 3.55. The molecule has 2 aliphatic rings. The van der Waals surface area contributed by atoms with Crippen LogP contribution in [0.3, 0.4) is 0 Å². The van der Waals surface area contributed by atoms with Crippen molar-refractivity contribution in [2.24, 2.45) is 0 Å². The summed E-state index contributed by atoms with van der Waals surface area (Å²) in [7, 11) is 0. The van der Waals surface area contributed by atoms with E-state index in [0.717, 1.165) is 5.56 Å². The van der Waals surface area contributed by atoms with Crippen LogP contribution >= 0.6 is 0 Å². The Labute approximate surface area is 171 Å². The van der Waals surface area contributed by atoms with Gasteiger partial charge in [0.15, 0.2) is 5.78 Å². The highest BCUT2D eigenvalue weighted by Crippen LogP contribution is 2.38. The van der Waals surface area contributed by atoms with Crippen LogP contribution in [0.5, 0.6) is 17.2 Å². The molecule has 0 saturated carbocycles. The summed E-state index contributed by atoms with van der Waals surface area (Å²) >= 11 is 0. The van der Waals surface area contributed by atoms with Crippen molar-refractivity contribution >= 4 is 5.78 Å². The SMILES string of the molecule is O=C1C[C@@H](c2ccc(O)cc2)Oc2cc(O[C@H]3O[C@@H](CO)[C@H](O)[C@@H](O)[C@@H]3O)ccc21. The highest BCUT2D eigenvalue weighted by atomic mass is 16.7. The number of phenolic OH excluding ortho intramolecular Hbond substituents is 1. The lowest BCUT2D eigenvalue weighted by Gasteiger charge is -2.39. The fraction of sp³-hybridized carbons (Fsp3) is 0.381. The van der Waals surface area contributed by atoms with E-state index in [9.17, 15) is 30.3 Å². The zero-order chi connectivity index (χ0) is 21.4. The van der Waals surface area contributed by atoms with Gasteiger partial charge in [-0.25, -0.2) is 0 Å². The van der Waals surface area contributed by atoms with Gasteiger partial charge in [-0.3, -0.25) is 4.79 Å². The Morgan fingerprint density at radius 3 is 2.43 bits per heavy atom. The number of fused-ring (bicyclic) bond motifs is 1. The Bertz CT molecular complexity index is 911. The number of rotatable bonds is 4. The summed E-state index contributed by atoms with van der Waals surface area (Å²) in [6.07, 6.45) is -7.42. The van der Waals surface area contributed by atoms with Crippen molar-refractivity contribution in [3.8, 4) is 17.2 Å². The average molecular weight is 418 g/mol. The molecule has 2 aromatic rings. The fourth-order valence-electron chi connectivity index (χ4n) is 3.55. The van der Waals surface area contributed by atoms with Gasteiger partial charge in [0, 0.05) is 6.07 Å². The van der Waals surface area contributed by atoms with Gasteiger partial charge in [-0.1, -0.05) is 12.1 Å². The number of aliphatic hydroxyl groups is 4. The summed E-state index contributed by atoms with van der Waals surface area (Å²) < 4.78 is 16.9. The molecule has 1 fully saturated rings. The number of aromatic hydroxyl groups is 1. The summed E-state index contributed by atoms with van der Waals surface area (Å²) in [6.45, 7) is -0.569. The molecule has 2 aliphatic heterocycles. The number of carbonyl (C=O) groups excluding carboxylic acids is 1. The minimum atomic E-state index is -1.56. The van der Waals surface area contributed by atoms with Crippen LogP contribution in [0.1, 0.15) is 28.4 Å². The van der Waals surface area contributed by atoms with E-state index in [1.807, 2.05) is 0 Å². The van der Waals surface area contributed by atoms with Gasteiger partial charge in [0.1, 0.15) is 47.8 Å². The summed E-state index contributed by atoms with van der Waals surface area (Å²) in [5, 5.41) is 48.6. The molecule has 0 amide bonds. The summed E-state index contributed by atoms with van der Waals surface area (Å²) in [4.78, 5) is 12.5. The van der Waals surface area contributed by atoms with E-state index in [1.54, 1.807) is 12.1 Å². The molecule has 2 aromatic carbocycles. The molecule has 2 heterocycles. The Kier molecular flexibility index (Phi) is 5.63. The standard InChI is InChI=1S/C21H22O9/c22-9-17-18(25)19(26)20(27)21(30-17)28-12-5-6-13-14(24)8-15(29-16(13)7-12)10-1-3-11(23)4-2-10/h1-7,15,17-23,25-27H,8-9H2/t15-,17-,18-,19+,20-,21-/m0/s1. The third-order valence-electron chi connectivity index (χ3n) is 5.26. The lowest BCUT2D eigenvalue weighted by atomic mass is 9.96. The zero-order valence-corrected chi connectivity index (χ0v) is 15.8. The van der Waals surface area contributed by atoms with Crippen molar-refractivity contribution in [1.29, 1.82) is 0 Å². The maximum absolute atomic E-state index is 12.5. The number of ketones is 1. The number of carbonyl (C=O) groups is 1. The highest BCUT2D eigenvalue weighted by molar-refractivity contribution is 6.00. The Morgan fingerprint density at radius 2 is 1.73 bits per heavy atom. The van der Waals surface area contributed by atoms with Crippen LogP contribution in [-0.2, 0) is 4.74 Å². The first-order chi connectivity index (χ1) is 14.4. The number of hydrogen-bond acceptors (Lipinski definition) is 9. The third kappa shape index (κ3) is 3.85. The molecule has 0 radical (unpaired) electrons. The number of Topliss-reactive ketones (excluding diaryl/α,β-unsaturated/α-hetero) is 1. The van der Waals surface area contributed by atoms with Crippen LogP contribution in [0, 0.1) is 0 Å². The molecule has 4 rings (SSSR count). The van der Waals surface area contributed by atoms with Gasteiger partial charge in [-0.2, -0.15) is 0 Å². The normalized spacial score (nSPS) is 31.0. The van der Waals surface area contributed by atoms with Crippen LogP contribution < -0.4 is 9.47 Å². The monoisotopic (exact) mass is 418 g/mol. The van der Waals surface area contributed by atoms with Gasteiger partial charge in [-0.15, -0.1) is 0 Å². The molecular weight excluding hydrogens is 396 g/mol. The molecule has 0 unspecified atom stereocenters. The second kappa shape index (κ2) is 8.21. The minimum Gasteiger partial charge on any atom is -0.508 e. The smallest absolute Gasteiger partial charge is 0.229 e. The van der Waals surface area contributed by atoms with Gasteiger partial charge in [-0.05, 0) is 29.8 Å². The van der Waals surface area contributed by atoms with Crippen LogP contribution in [0.25, 0.3) is 0 Å². The Morgan fingerprint density at radius 1 is 1.00 bits per heavy atom. The minimum absolute atomic E-state index is 0.108. The first kappa shape index (κ1) is 20.6. The summed E-state index contributed by atoms with van der Waals surface area (Å²) in [5.74, 6) is 0.480. The lowest BCUT2D eigenvalue weighted by Crippen LogP contribution is -2.60. The second-order valence-corrected chi connectivity index (χ2v) is 7.30. The topological polar surface area (TPSA) is 146 Å². The van der Waals surface area contributed by atoms with E-state index < -0.39 is 43.4 Å². The molecule has 5 N–H and O–H groups in total. The first-order valence-corrected chi connectivity index (χ1v) is 9.47. The molecule has 160 valence electrons. The van der Waals surface area contributed by atoms with Crippen LogP contribution in [0.4, 0.5) is 0 Å². The molecule has 9 heteroatoms. The third-order valence-corrected chi connectivity index (χ3v) is 5.26.